The van der Waals surface area contributed by atoms with Gasteiger partial charge in [-0.1, -0.05) is 78.9 Å². The molecule has 0 saturated heterocycles. The minimum absolute atomic E-state index is 0.256. The lowest BCUT2D eigenvalue weighted by molar-refractivity contribution is 0.0380. The van der Waals surface area contributed by atoms with Gasteiger partial charge < -0.3 is 9.72 Å². The van der Waals surface area contributed by atoms with Gasteiger partial charge >= 0.3 is 5.97 Å². The quantitative estimate of drug-likeness (QED) is 0.549. The lowest BCUT2D eigenvalue weighted by Crippen LogP contribution is -2.16. The molecule has 4 nitrogen and oxygen atoms in total. The zero-order chi connectivity index (χ0) is 18.6. The van der Waals surface area contributed by atoms with E-state index in [9.17, 15) is 9.59 Å². The standard InChI is InChI=1S/C23H17NO3/c25-21-15-19(18-13-7-8-14-20(18)24-21)23(26)27-22(16-9-3-1-4-10-16)17-11-5-2-6-12-17/h1-15,22H,(H,24,25). The van der Waals surface area contributed by atoms with E-state index in [1.54, 1.807) is 12.1 Å². The van der Waals surface area contributed by atoms with Crippen LogP contribution in [0.3, 0.4) is 0 Å². The monoisotopic (exact) mass is 355 g/mol. The third-order valence-corrected chi connectivity index (χ3v) is 4.40. The zero-order valence-corrected chi connectivity index (χ0v) is 14.5. The van der Waals surface area contributed by atoms with Crippen molar-refractivity contribution in [2.24, 2.45) is 0 Å². The maximum Gasteiger partial charge on any atom is 0.339 e. The molecule has 0 amide bonds. The van der Waals surface area contributed by atoms with E-state index < -0.39 is 12.1 Å². The van der Waals surface area contributed by atoms with Crippen LogP contribution >= 0.6 is 0 Å². The third kappa shape index (κ3) is 3.51. The number of hydrogen-bond donors (Lipinski definition) is 1. The van der Waals surface area contributed by atoms with Crippen LogP contribution in [0.15, 0.2) is 95.8 Å². The molecule has 4 rings (SSSR count). The summed E-state index contributed by atoms with van der Waals surface area (Å²) < 4.78 is 5.88. The molecule has 0 aliphatic heterocycles. The number of esters is 1. The van der Waals surface area contributed by atoms with Crippen LogP contribution in [0.2, 0.25) is 0 Å². The molecule has 27 heavy (non-hydrogen) atoms. The van der Waals surface area contributed by atoms with E-state index in [0.717, 1.165) is 11.1 Å². The Morgan fingerprint density at radius 1 is 0.778 bits per heavy atom. The fourth-order valence-electron chi connectivity index (χ4n) is 3.13. The molecule has 0 spiro atoms. The van der Waals surface area contributed by atoms with Gasteiger partial charge in [0.25, 0.3) is 0 Å². The van der Waals surface area contributed by atoms with Gasteiger partial charge in [0.2, 0.25) is 5.56 Å². The molecule has 0 aliphatic rings. The van der Waals surface area contributed by atoms with Crippen LogP contribution in [0.1, 0.15) is 27.6 Å². The van der Waals surface area contributed by atoms with Crippen molar-refractivity contribution in [3.63, 3.8) is 0 Å². The average molecular weight is 355 g/mol. The molecule has 1 aromatic heterocycles. The highest BCUT2D eigenvalue weighted by Crippen LogP contribution is 2.28. The number of aromatic nitrogens is 1. The summed E-state index contributed by atoms with van der Waals surface area (Å²) in [6.07, 6.45) is -0.557. The van der Waals surface area contributed by atoms with Crippen LogP contribution in [-0.4, -0.2) is 11.0 Å². The maximum atomic E-state index is 13.0. The SMILES string of the molecule is O=C(OC(c1ccccc1)c1ccccc1)c1cc(=O)[nH]c2ccccc12. The molecule has 0 aliphatic carbocycles. The van der Waals surface area contributed by atoms with Crippen molar-refractivity contribution in [1.29, 1.82) is 0 Å². The summed E-state index contributed by atoms with van der Waals surface area (Å²) in [7, 11) is 0. The van der Waals surface area contributed by atoms with Crippen LogP contribution in [0.25, 0.3) is 10.9 Å². The molecule has 3 aromatic carbocycles. The Labute approximate surface area is 156 Å². The number of benzene rings is 3. The second-order valence-electron chi connectivity index (χ2n) is 6.20. The van der Waals surface area contributed by atoms with Crippen LogP contribution in [0.4, 0.5) is 0 Å². The first-order chi connectivity index (χ1) is 13.2. The maximum absolute atomic E-state index is 13.0. The van der Waals surface area contributed by atoms with Crippen molar-refractivity contribution in [1.82, 2.24) is 4.98 Å². The van der Waals surface area contributed by atoms with E-state index in [1.165, 1.54) is 6.07 Å². The van der Waals surface area contributed by atoms with Crippen LogP contribution < -0.4 is 5.56 Å². The molecule has 1 heterocycles. The Morgan fingerprint density at radius 3 is 1.96 bits per heavy atom. The minimum atomic E-state index is -0.557. The number of rotatable bonds is 4. The first kappa shape index (κ1) is 16.8. The second kappa shape index (κ2) is 7.30. The molecule has 0 saturated carbocycles. The summed E-state index contributed by atoms with van der Waals surface area (Å²) >= 11 is 0. The number of H-pyrrole nitrogens is 1. The van der Waals surface area contributed by atoms with E-state index in [0.29, 0.717) is 10.9 Å². The van der Waals surface area contributed by atoms with Gasteiger partial charge in [-0.3, -0.25) is 4.79 Å². The van der Waals surface area contributed by atoms with Crippen molar-refractivity contribution in [3.05, 3.63) is 118 Å². The van der Waals surface area contributed by atoms with E-state index in [4.69, 9.17) is 4.74 Å². The molecule has 0 atom stereocenters. The van der Waals surface area contributed by atoms with Gasteiger partial charge in [-0.2, -0.15) is 0 Å². The summed E-state index contributed by atoms with van der Waals surface area (Å²) in [5.41, 5.74) is 2.26. The predicted octanol–water partition coefficient (Wildman–Crippen LogP) is 4.47. The highest BCUT2D eigenvalue weighted by Gasteiger charge is 2.21. The number of ether oxygens (including phenoxy) is 1. The first-order valence-electron chi connectivity index (χ1n) is 8.65. The molecule has 0 bridgehead atoms. The minimum Gasteiger partial charge on any atom is -0.449 e. The topological polar surface area (TPSA) is 59.2 Å². The fourth-order valence-corrected chi connectivity index (χ4v) is 3.13. The summed E-state index contributed by atoms with van der Waals surface area (Å²) in [5, 5.41) is 0.655. The van der Waals surface area contributed by atoms with E-state index in [1.807, 2.05) is 72.8 Å². The Hall–Kier alpha value is -3.66. The molecule has 0 radical (unpaired) electrons. The number of hydrogen-bond acceptors (Lipinski definition) is 3. The molecular formula is C23H17NO3. The normalized spacial score (nSPS) is 10.9. The average Bonchev–Trinajstić information content (AvgIpc) is 2.72. The van der Waals surface area contributed by atoms with Crippen molar-refractivity contribution in [2.45, 2.75) is 6.10 Å². The van der Waals surface area contributed by atoms with Gasteiger partial charge in [0.05, 0.1) is 5.56 Å². The van der Waals surface area contributed by atoms with Gasteiger partial charge in [-0.05, 0) is 17.2 Å². The molecule has 132 valence electrons. The molecule has 4 aromatic rings. The third-order valence-electron chi connectivity index (χ3n) is 4.40. The van der Waals surface area contributed by atoms with Gasteiger partial charge in [0.1, 0.15) is 0 Å². The molecule has 4 heteroatoms. The van der Waals surface area contributed by atoms with Gasteiger partial charge in [0.15, 0.2) is 6.10 Å². The number of nitrogens with one attached hydrogen (secondary N) is 1. The summed E-state index contributed by atoms with van der Waals surface area (Å²) in [6.45, 7) is 0. The molecule has 0 unspecified atom stereocenters. The van der Waals surface area contributed by atoms with Crippen molar-refractivity contribution < 1.29 is 9.53 Å². The Balaban J connectivity index is 1.76. The summed E-state index contributed by atoms with van der Waals surface area (Å²) in [5.74, 6) is -0.532. The fraction of sp³-hybridized carbons (Fsp3) is 0.0435. The number of pyridine rings is 1. The van der Waals surface area contributed by atoms with E-state index in [2.05, 4.69) is 4.98 Å². The second-order valence-corrected chi connectivity index (χ2v) is 6.20. The Morgan fingerprint density at radius 2 is 1.33 bits per heavy atom. The zero-order valence-electron chi connectivity index (χ0n) is 14.5. The van der Waals surface area contributed by atoms with E-state index >= 15 is 0 Å². The Kier molecular flexibility index (Phi) is 4.54. The highest BCUT2D eigenvalue weighted by molar-refractivity contribution is 6.03. The predicted molar refractivity (Wildman–Crippen MR) is 105 cm³/mol. The van der Waals surface area contributed by atoms with Crippen LogP contribution in [0.5, 0.6) is 0 Å². The number of aromatic amines is 1. The smallest absolute Gasteiger partial charge is 0.339 e. The Bertz CT molecular complexity index is 1090. The van der Waals surface area contributed by atoms with E-state index in [-0.39, 0.29) is 11.1 Å². The number of para-hydroxylation sites is 1. The van der Waals surface area contributed by atoms with Gasteiger partial charge in [-0.25, -0.2) is 4.79 Å². The summed E-state index contributed by atoms with van der Waals surface area (Å²) in [4.78, 5) is 27.7. The van der Waals surface area contributed by atoms with Crippen LogP contribution in [-0.2, 0) is 4.74 Å². The van der Waals surface area contributed by atoms with Crippen molar-refractivity contribution in [2.75, 3.05) is 0 Å². The molecule has 0 fully saturated rings. The van der Waals surface area contributed by atoms with Crippen LogP contribution in [0, 0.1) is 0 Å². The number of carbonyl (C=O) groups excluding carboxylic acids is 1. The van der Waals surface area contributed by atoms with Crippen molar-refractivity contribution in [3.8, 4) is 0 Å². The van der Waals surface area contributed by atoms with Gasteiger partial charge in [-0.15, -0.1) is 0 Å². The number of fused-ring (bicyclic) bond motifs is 1. The first-order valence-corrected chi connectivity index (χ1v) is 8.65. The molecular weight excluding hydrogens is 338 g/mol. The van der Waals surface area contributed by atoms with Gasteiger partial charge in [0, 0.05) is 17.0 Å². The lowest BCUT2D eigenvalue weighted by atomic mass is 10.0. The molecule has 1 N–H and O–H groups in total. The number of carbonyl (C=O) groups is 1. The lowest BCUT2D eigenvalue weighted by Gasteiger charge is -2.19. The van der Waals surface area contributed by atoms with Crippen molar-refractivity contribution >= 4 is 16.9 Å². The highest BCUT2D eigenvalue weighted by atomic mass is 16.5. The largest absolute Gasteiger partial charge is 0.449 e. The summed E-state index contributed by atoms with van der Waals surface area (Å²) in [6, 6.07) is 27.6.